The molecule has 2 heteroatoms. The van der Waals surface area contributed by atoms with Gasteiger partial charge in [-0.25, -0.2) is 0 Å². The molecule has 0 fully saturated rings. The van der Waals surface area contributed by atoms with Gasteiger partial charge in [-0.15, -0.1) is 0 Å². The second-order valence-electron chi connectivity index (χ2n) is 19.4. The molecule has 0 unspecified atom stereocenters. The molecule has 1 aliphatic heterocycles. The summed E-state index contributed by atoms with van der Waals surface area (Å²) in [6.45, 7) is 0. The van der Waals surface area contributed by atoms with Gasteiger partial charge in [-0.1, -0.05) is 237 Å². The number of rotatable bonds is 6. The predicted molar refractivity (Wildman–Crippen MR) is 296 cm³/mol. The normalized spacial score (nSPS) is 13.9. The lowest BCUT2D eigenvalue weighted by Gasteiger charge is -2.40. The summed E-state index contributed by atoms with van der Waals surface area (Å²) in [4.78, 5) is 2.47. The fourth-order valence-corrected chi connectivity index (χ4v) is 13.1. The number of para-hydroxylation sites is 1. The molecular formula is C70H45NO. The predicted octanol–water partition coefficient (Wildman–Crippen LogP) is 18.0. The Morgan fingerprint density at radius 2 is 0.778 bits per heavy atom. The third kappa shape index (κ3) is 5.55. The zero-order valence-electron chi connectivity index (χ0n) is 39.3. The van der Waals surface area contributed by atoms with Crippen molar-refractivity contribution < 1.29 is 4.74 Å². The summed E-state index contributed by atoms with van der Waals surface area (Å²) in [5.74, 6) is 1.86. The average Bonchev–Trinajstić information content (AvgIpc) is 3.93. The second kappa shape index (κ2) is 15.6. The first-order chi connectivity index (χ1) is 35.7. The number of benzene rings is 12. The molecule has 72 heavy (non-hydrogen) atoms. The van der Waals surface area contributed by atoms with Crippen LogP contribution in [-0.4, -0.2) is 0 Å². The van der Waals surface area contributed by atoms with E-state index in [0.717, 1.165) is 61.2 Å². The molecule has 0 aromatic heterocycles. The summed E-state index contributed by atoms with van der Waals surface area (Å²) in [6, 6.07) is 101. The molecule has 15 rings (SSSR count). The molecule has 336 valence electrons. The Balaban J connectivity index is 0.933. The van der Waals surface area contributed by atoms with E-state index in [0.29, 0.717) is 0 Å². The van der Waals surface area contributed by atoms with Crippen LogP contribution in [-0.2, 0) is 10.8 Å². The van der Waals surface area contributed by atoms with Crippen LogP contribution in [0.5, 0.6) is 11.5 Å². The molecule has 0 saturated heterocycles. The summed E-state index contributed by atoms with van der Waals surface area (Å²) in [5, 5.41) is 4.57. The summed E-state index contributed by atoms with van der Waals surface area (Å²) in [6.07, 6.45) is 0. The van der Waals surface area contributed by atoms with Crippen molar-refractivity contribution in [1.29, 1.82) is 0 Å². The molecule has 12 aromatic carbocycles. The maximum absolute atomic E-state index is 7.22. The number of nitrogens with zero attached hydrogens (tertiary/aromatic N) is 1. The largest absolute Gasteiger partial charge is 0.455 e. The van der Waals surface area contributed by atoms with Gasteiger partial charge in [0.1, 0.15) is 11.5 Å². The van der Waals surface area contributed by atoms with Gasteiger partial charge in [-0.05, 0) is 108 Å². The van der Waals surface area contributed by atoms with Crippen molar-refractivity contribution in [1.82, 2.24) is 0 Å². The Morgan fingerprint density at radius 3 is 1.44 bits per heavy atom. The summed E-state index contributed by atoms with van der Waals surface area (Å²) < 4.78 is 7.22. The van der Waals surface area contributed by atoms with Crippen molar-refractivity contribution in [2.24, 2.45) is 0 Å². The Morgan fingerprint density at radius 1 is 0.292 bits per heavy atom. The molecule has 2 nitrogen and oxygen atoms in total. The van der Waals surface area contributed by atoms with Crippen molar-refractivity contribution in [2.75, 3.05) is 4.90 Å². The molecule has 0 amide bonds. The molecular weight excluding hydrogens is 871 g/mol. The minimum absolute atomic E-state index is 0.515. The lowest BCUT2D eigenvalue weighted by atomic mass is 9.65. The zero-order chi connectivity index (χ0) is 47.4. The van der Waals surface area contributed by atoms with Crippen LogP contribution in [0.1, 0.15) is 44.5 Å². The Hall–Kier alpha value is -9.24. The molecule has 1 heterocycles. The van der Waals surface area contributed by atoms with Crippen molar-refractivity contribution >= 4 is 38.6 Å². The number of hydrogen-bond acceptors (Lipinski definition) is 2. The van der Waals surface area contributed by atoms with Crippen LogP contribution in [0.2, 0.25) is 0 Å². The fourth-order valence-electron chi connectivity index (χ4n) is 13.1. The average molecular weight is 916 g/mol. The Bertz CT molecular complexity index is 4010. The first kappa shape index (κ1) is 40.6. The highest BCUT2D eigenvalue weighted by Crippen LogP contribution is 2.65. The third-order valence-corrected chi connectivity index (χ3v) is 16.0. The van der Waals surface area contributed by atoms with E-state index in [9.17, 15) is 0 Å². The van der Waals surface area contributed by atoms with E-state index >= 15 is 0 Å². The van der Waals surface area contributed by atoms with Gasteiger partial charge in [0.05, 0.1) is 16.5 Å². The van der Waals surface area contributed by atoms with Crippen molar-refractivity contribution in [3.05, 3.63) is 317 Å². The molecule has 2 aliphatic carbocycles. The number of ether oxygens (including phenoxy) is 1. The van der Waals surface area contributed by atoms with Gasteiger partial charge in [0.25, 0.3) is 0 Å². The zero-order valence-corrected chi connectivity index (χ0v) is 39.3. The lowest BCUT2D eigenvalue weighted by Crippen LogP contribution is -2.32. The van der Waals surface area contributed by atoms with Crippen molar-refractivity contribution in [3.63, 3.8) is 0 Å². The Kier molecular flexibility index (Phi) is 8.82. The second-order valence-corrected chi connectivity index (χ2v) is 19.4. The third-order valence-electron chi connectivity index (χ3n) is 16.0. The highest BCUT2D eigenvalue weighted by atomic mass is 16.5. The minimum Gasteiger partial charge on any atom is -0.455 e. The summed E-state index contributed by atoms with van der Waals surface area (Å²) >= 11 is 0. The summed E-state index contributed by atoms with van der Waals surface area (Å²) in [5.41, 5.74) is 19.4. The van der Waals surface area contributed by atoms with E-state index in [1.165, 1.54) is 66.8 Å². The van der Waals surface area contributed by atoms with E-state index in [2.05, 4.69) is 278 Å². The van der Waals surface area contributed by atoms with Crippen LogP contribution < -0.4 is 9.64 Å². The number of fused-ring (bicyclic) bond motifs is 16. The van der Waals surface area contributed by atoms with Crippen LogP contribution in [0.3, 0.4) is 0 Å². The van der Waals surface area contributed by atoms with E-state index < -0.39 is 10.8 Å². The van der Waals surface area contributed by atoms with Gasteiger partial charge in [-0.3, -0.25) is 0 Å². The van der Waals surface area contributed by atoms with E-state index in [1.807, 2.05) is 0 Å². The molecule has 0 atom stereocenters. The monoisotopic (exact) mass is 915 g/mol. The van der Waals surface area contributed by atoms with Gasteiger partial charge in [-0.2, -0.15) is 0 Å². The van der Waals surface area contributed by atoms with Gasteiger partial charge >= 0.3 is 0 Å². The first-order valence-electron chi connectivity index (χ1n) is 25.0. The highest BCUT2D eigenvalue weighted by molar-refractivity contribution is 6.01. The van der Waals surface area contributed by atoms with E-state index in [-0.39, 0.29) is 0 Å². The molecule has 12 aromatic rings. The lowest BCUT2D eigenvalue weighted by molar-refractivity contribution is 0.447. The van der Waals surface area contributed by atoms with Gasteiger partial charge in [0.15, 0.2) is 0 Å². The van der Waals surface area contributed by atoms with Crippen molar-refractivity contribution in [2.45, 2.75) is 10.8 Å². The maximum Gasteiger partial charge on any atom is 0.140 e. The number of anilines is 3. The molecule has 0 saturated carbocycles. The quantitative estimate of drug-likeness (QED) is 0.165. The summed E-state index contributed by atoms with van der Waals surface area (Å²) in [7, 11) is 0. The standard InChI is InChI=1S/C70H45NO/c1-4-23-50(24-5-1)69(51-25-6-2-7-26-51)60-35-17-15-33-57(60)66-62(69)36-19-37-65(66)71(52-27-8-3-9-28-52)53-29-18-22-48(44-53)49-40-41-61-58(45-49)56-32-14-16-34-59(56)70(61)63-42-38-46-20-10-12-30-54(46)67(63)72-68-55-31-13-11-21-47(55)39-43-64(68)70/h1-45H. The van der Waals surface area contributed by atoms with Crippen LogP contribution in [0.25, 0.3) is 54.9 Å². The molecule has 0 N–H and O–H groups in total. The molecule has 0 radical (unpaired) electrons. The van der Waals surface area contributed by atoms with E-state index in [1.54, 1.807) is 0 Å². The van der Waals surface area contributed by atoms with Gasteiger partial charge < -0.3 is 9.64 Å². The minimum atomic E-state index is -0.605. The fraction of sp³-hybridized carbons (Fsp3) is 0.0286. The van der Waals surface area contributed by atoms with Gasteiger partial charge in [0, 0.05) is 38.8 Å². The van der Waals surface area contributed by atoms with Crippen LogP contribution in [0, 0.1) is 0 Å². The topological polar surface area (TPSA) is 12.5 Å². The van der Waals surface area contributed by atoms with E-state index in [4.69, 9.17) is 4.74 Å². The highest BCUT2D eigenvalue weighted by Gasteiger charge is 2.52. The van der Waals surface area contributed by atoms with Gasteiger partial charge in [0.2, 0.25) is 0 Å². The molecule has 3 aliphatic rings. The Labute approximate surface area is 419 Å². The van der Waals surface area contributed by atoms with Crippen LogP contribution in [0.4, 0.5) is 17.1 Å². The first-order valence-corrected chi connectivity index (χ1v) is 25.0. The smallest absolute Gasteiger partial charge is 0.140 e. The SMILES string of the molecule is c1ccc(N(c2cccc(-c3ccc4c(c3)-c3ccccc3C43c4ccc5ccccc5c4Oc4c3ccc3ccccc43)c2)c2cccc3c2-c2ccccc2C3(c2ccccc2)c2ccccc2)cc1. The van der Waals surface area contributed by atoms with Crippen molar-refractivity contribution in [3.8, 4) is 44.9 Å². The van der Waals surface area contributed by atoms with Crippen LogP contribution >= 0.6 is 0 Å². The molecule has 1 spiro atoms. The van der Waals surface area contributed by atoms with Crippen LogP contribution in [0.15, 0.2) is 273 Å². The molecule has 0 bridgehead atoms. The maximum atomic E-state index is 7.22. The number of hydrogen-bond donors (Lipinski definition) is 0.